The monoisotopic (exact) mass is 439 g/mol. The molecule has 1 saturated heterocycles. The zero-order valence-corrected chi connectivity index (χ0v) is 19.7. The molecule has 6 aliphatic rings. The summed E-state index contributed by atoms with van der Waals surface area (Å²) in [4.78, 5) is 40.6. The normalized spacial score (nSPS) is 46.6. The van der Waals surface area contributed by atoms with E-state index in [1.54, 1.807) is 0 Å². The number of amides is 2. The van der Waals surface area contributed by atoms with Gasteiger partial charge in [-0.05, 0) is 87.0 Å². The Labute approximate surface area is 191 Å². The molecule has 4 saturated carbocycles. The number of rotatable bonds is 1. The molecule has 5 aliphatic carbocycles. The van der Waals surface area contributed by atoms with Crippen molar-refractivity contribution in [1.29, 1.82) is 0 Å². The molecule has 0 aromatic heterocycles. The molecule has 1 spiro atoms. The van der Waals surface area contributed by atoms with Crippen LogP contribution in [0.1, 0.15) is 97.3 Å². The molecule has 5 fully saturated rings. The number of hydrogen-bond donors (Lipinski definition) is 0. The second kappa shape index (κ2) is 6.93. The summed E-state index contributed by atoms with van der Waals surface area (Å²) in [6.45, 7) is 4.65. The number of carbonyl (C=O) groups is 3. The van der Waals surface area contributed by atoms with E-state index in [2.05, 4.69) is 13.8 Å². The summed E-state index contributed by atoms with van der Waals surface area (Å²) in [6.07, 6.45) is 14.2. The smallest absolute Gasteiger partial charge is 0.417 e. The Balaban J connectivity index is 1.31. The van der Waals surface area contributed by atoms with Gasteiger partial charge in [0.1, 0.15) is 0 Å². The minimum absolute atomic E-state index is 0.0243. The molecule has 0 radical (unpaired) electrons. The van der Waals surface area contributed by atoms with Gasteiger partial charge in [-0.3, -0.25) is 9.59 Å². The number of fused-ring (bicyclic) bond motifs is 6. The van der Waals surface area contributed by atoms with Crippen molar-refractivity contribution in [3.8, 4) is 0 Å². The Morgan fingerprint density at radius 3 is 2.41 bits per heavy atom. The average molecular weight is 440 g/mol. The van der Waals surface area contributed by atoms with Crippen molar-refractivity contribution in [2.24, 2.45) is 28.6 Å². The SMILES string of the molecule is C[C@]12CCC(=O)C=C1CC[C@@H]1[C@@H]2CC[C@@]2(C)[C@H]1CC[C@@]21OC(=O)N(C2CCCCC2)C1=O. The lowest BCUT2D eigenvalue weighted by Crippen LogP contribution is -2.58. The third kappa shape index (κ3) is 2.54. The van der Waals surface area contributed by atoms with E-state index in [1.807, 2.05) is 6.08 Å². The van der Waals surface area contributed by atoms with E-state index in [1.165, 1.54) is 16.9 Å². The van der Waals surface area contributed by atoms with Gasteiger partial charge < -0.3 is 4.74 Å². The largest absolute Gasteiger partial charge is 0.432 e. The summed E-state index contributed by atoms with van der Waals surface area (Å²) in [6, 6.07) is 0.0307. The fraction of sp³-hybridized carbons (Fsp3) is 0.815. The van der Waals surface area contributed by atoms with Gasteiger partial charge in [-0.1, -0.05) is 38.7 Å². The van der Waals surface area contributed by atoms with Gasteiger partial charge in [-0.25, -0.2) is 9.69 Å². The Kier molecular flexibility index (Phi) is 4.53. The minimum atomic E-state index is -0.948. The Morgan fingerprint density at radius 1 is 0.875 bits per heavy atom. The van der Waals surface area contributed by atoms with Crippen LogP contribution in [0.3, 0.4) is 0 Å². The van der Waals surface area contributed by atoms with Crippen LogP contribution in [0.4, 0.5) is 4.79 Å². The van der Waals surface area contributed by atoms with E-state index in [0.29, 0.717) is 36.4 Å². The van der Waals surface area contributed by atoms with E-state index in [9.17, 15) is 14.4 Å². The number of allylic oxidation sites excluding steroid dienone is 1. The standard InChI is InChI=1S/C27H37NO4/c1-25-13-10-19(29)16-17(25)8-9-20-21(25)11-14-26(2)22(20)12-15-27(26)23(30)28(24(31)32-27)18-6-4-3-5-7-18/h16,18,20-22H,3-15H2,1-2H3/t20-,21+,22+,25+,26+,27+/m1/s1. The Morgan fingerprint density at radius 2 is 1.62 bits per heavy atom. The fourth-order valence-corrected chi connectivity index (χ4v) is 9.25. The Bertz CT molecular complexity index is 903. The summed E-state index contributed by atoms with van der Waals surface area (Å²) < 4.78 is 6.17. The van der Waals surface area contributed by atoms with Crippen LogP contribution < -0.4 is 0 Å². The van der Waals surface area contributed by atoms with Gasteiger partial charge in [0.2, 0.25) is 0 Å². The van der Waals surface area contributed by atoms with Gasteiger partial charge >= 0.3 is 6.09 Å². The van der Waals surface area contributed by atoms with Gasteiger partial charge in [0, 0.05) is 17.9 Å². The summed E-state index contributed by atoms with van der Waals surface area (Å²) >= 11 is 0. The molecule has 1 aliphatic heterocycles. The van der Waals surface area contributed by atoms with Crippen LogP contribution in [0.15, 0.2) is 11.6 Å². The molecule has 0 unspecified atom stereocenters. The lowest BCUT2D eigenvalue weighted by Gasteiger charge is -2.58. The third-order valence-electron chi connectivity index (χ3n) is 11.0. The third-order valence-corrected chi connectivity index (χ3v) is 11.0. The molecule has 5 nitrogen and oxygen atoms in total. The van der Waals surface area contributed by atoms with E-state index in [-0.39, 0.29) is 28.9 Å². The first-order valence-corrected chi connectivity index (χ1v) is 13.1. The first-order valence-electron chi connectivity index (χ1n) is 13.1. The minimum Gasteiger partial charge on any atom is -0.432 e. The molecule has 6 atom stereocenters. The van der Waals surface area contributed by atoms with Crippen molar-refractivity contribution in [3.05, 3.63) is 11.6 Å². The number of nitrogens with zero attached hydrogens (tertiary/aromatic N) is 1. The maximum atomic E-state index is 13.9. The molecular formula is C27H37NO4. The van der Waals surface area contributed by atoms with E-state index < -0.39 is 5.60 Å². The van der Waals surface area contributed by atoms with Crippen molar-refractivity contribution in [2.75, 3.05) is 0 Å². The van der Waals surface area contributed by atoms with Gasteiger partial charge in [0.05, 0.1) is 0 Å². The fourth-order valence-electron chi connectivity index (χ4n) is 9.25. The highest BCUT2D eigenvalue weighted by molar-refractivity contribution is 6.04. The van der Waals surface area contributed by atoms with Crippen LogP contribution in [0.5, 0.6) is 0 Å². The van der Waals surface area contributed by atoms with Crippen LogP contribution in [0.25, 0.3) is 0 Å². The summed E-state index contributed by atoms with van der Waals surface area (Å²) in [5.74, 6) is 1.82. The van der Waals surface area contributed by atoms with E-state index >= 15 is 0 Å². The molecule has 5 heteroatoms. The molecular weight excluding hydrogens is 402 g/mol. The quantitative estimate of drug-likeness (QED) is 0.536. The molecule has 2 amide bonds. The highest BCUT2D eigenvalue weighted by Crippen LogP contribution is 2.69. The van der Waals surface area contributed by atoms with Gasteiger partial charge in [0.15, 0.2) is 11.4 Å². The topological polar surface area (TPSA) is 63.7 Å². The lowest BCUT2D eigenvalue weighted by atomic mass is 9.46. The van der Waals surface area contributed by atoms with Crippen LogP contribution in [-0.4, -0.2) is 34.3 Å². The van der Waals surface area contributed by atoms with Crippen LogP contribution >= 0.6 is 0 Å². The highest BCUT2D eigenvalue weighted by atomic mass is 16.6. The van der Waals surface area contributed by atoms with E-state index in [4.69, 9.17) is 4.74 Å². The van der Waals surface area contributed by atoms with Crippen molar-refractivity contribution in [2.45, 2.75) is 109 Å². The predicted octanol–water partition coefficient (Wildman–Crippen LogP) is 5.57. The zero-order chi connectivity index (χ0) is 22.3. The molecule has 1 heterocycles. The summed E-state index contributed by atoms with van der Waals surface area (Å²) in [7, 11) is 0. The number of ether oxygens (including phenoxy) is 1. The lowest BCUT2D eigenvalue weighted by molar-refractivity contribution is -0.157. The number of ketones is 1. The Hall–Kier alpha value is -1.65. The van der Waals surface area contributed by atoms with Crippen molar-refractivity contribution in [1.82, 2.24) is 4.90 Å². The molecule has 0 bridgehead atoms. The summed E-state index contributed by atoms with van der Waals surface area (Å²) in [5, 5.41) is 0. The maximum Gasteiger partial charge on any atom is 0.417 e. The van der Waals surface area contributed by atoms with E-state index in [0.717, 1.165) is 64.2 Å². The zero-order valence-electron chi connectivity index (χ0n) is 19.7. The second-order valence-electron chi connectivity index (χ2n) is 12.1. The van der Waals surface area contributed by atoms with Crippen LogP contribution in [0, 0.1) is 28.6 Å². The highest BCUT2D eigenvalue weighted by Gasteiger charge is 2.72. The maximum absolute atomic E-state index is 13.9. The average Bonchev–Trinajstić information content (AvgIpc) is 3.22. The first kappa shape index (κ1) is 20.9. The van der Waals surface area contributed by atoms with Crippen molar-refractivity contribution >= 4 is 17.8 Å². The molecule has 32 heavy (non-hydrogen) atoms. The van der Waals surface area contributed by atoms with Gasteiger partial charge in [0.25, 0.3) is 5.91 Å². The molecule has 6 rings (SSSR count). The van der Waals surface area contributed by atoms with Crippen LogP contribution in [0.2, 0.25) is 0 Å². The predicted molar refractivity (Wildman–Crippen MR) is 120 cm³/mol. The van der Waals surface area contributed by atoms with Crippen molar-refractivity contribution in [3.63, 3.8) is 0 Å². The molecule has 0 N–H and O–H groups in total. The van der Waals surface area contributed by atoms with Crippen molar-refractivity contribution < 1.29 is 19.1 Å². The molecule has 0 aromatic rings. The second-order valence-corrected chi connectivity index (χ2v) is 12.1. The summed E-state index contributed by atoms with van der Waals surface area (Å²) in [5.41, 5.74) is 0.278. The van der Waals surface area contributed by atoms with Gasteiger partial charge in [-0.2, -0.15) is 0 Å². The van der Waals surface area contributed by atoms with Gasteiger partial charge in [-0.15, -0.1) is 0 Å². The van der Waals surface area contributed by atoms with Crippen LogP contribution in [-0.2, 0) is 14.3 Å². The number of carbonyl (C=O) groups excluding carboxylic acids is 3. The number of imide groups is 1. The molecule has 0 aromatic carbocycles. The molecule has 174 valence electrons. The number of hydrogen-bond acceptors (Lipinski definition) is 4. The first-order chi connectivity index (χ1) is 15.3.